The summed E-state index contributed by atoms with van der Waals surface area (Å²) in [5.74, 6) is -1.14. The topological polar surface area (TPSA) is 54.4 Å². The molecule has 0 aromatic heterocycles. The number of carboxylic acids is 1. The second kappa shape index (κ2) is 6.98. The monoisotopic (exact) mass is 188 g/mol. The molecule has 0 aliphatic carbocycles. The van der Waals surface area contributed by atoms with Crippen LogP contribution in [0.25, 0.3) is 0 Å². The molecule has 0 bridgehead atoms. The number of rotatable bonds is 2. The maximum absolute atomic E-state index is 9.49. The number of allylic oxidation sites excluding steroid dienone is 1. The van der Waals surface area contributed by atoms with E-state index in [2.05, 4.69) is 0 Å². The van der Waals surface area contributed by atoms with Crippen LogP contribution in [0.1, 0.15) is 0 Å². The fraction of sp³-hybridized carbons (Fsp3) is 0. The summed E-state index contributed by atoms with van der Waals surface area (Å²) in [7, 11) is 0. The Kier molecular flexibility index (Phi) is 9.49. The molecule has 0 saturated carbocycles. The van der Waals surface area contributed by atoms with Crippen LogP contribution in [0, 0.1) is 0 Å². The summed E-state index contributed by atoms with van der Waals surface area (Å²) in [6, 6.07) is 0. The summed E-state index contributed by atoms with van der Waals surface area (Å²) < 4.78 is 0. The van der Waals surface area contributed by atoms with Crippen LogP contribution in [0.2, 0.25) is 0 Å². The van der Waals surface area contributed by atoms with E-state index in [1.165, 1.54) is 6.29 Å². The van der Waals surface area contributed by atoms with E-state index in [-0.39, 0.29) is 32.7 Å². The Morgan fingerprint density at radius 3 is 2.25 bits per heavy atom. The molecule has 0 unspecified atom stereocenters. The van der Waals surface area contributed by atoms with E-state index in [1.54, 1.807) is 0 Å². The van der Waals surface area contributed by atoms with Crippen molar-refractivity contribution in [3.05, 3.63) is 12.2 Å². The molecule has 0 rings (SSSR count). The first kappa shape index (κ1) is 10.9. The van der Waals surface area contributed by atoms with Gasteiger partial charge in [-0.1, -0.05) is 0 Å². The molecular formula is C4H3O3Y-. The van der Waals surface area contributed by atoms with E-state index in [4.69, 9.17) is 5.11 Å². The molecule has 0 aromatic carbocycles. The summed E-state index contributed by atoms with van der Waals surface area (Å²) >= 11 is 0. The average molecular weight is 188 g/mol. The Morgan fingerprint density at radius 1 is 1.62 bits per heavy atom. The van der Waals surface area contributed by atoms with Gasteiger partial charge in [-0.2, -0.15) is 6.08 Å². The van der Waals surface area contributed by atoms with Crippen molar-refractivity contribution in [1.29, 1.82) is 0 Å². The standard InChI is InChI=1S/C4H3O3.Y/c5-3-1-2-4(6)7;/h1-2H,(H,6,7);/q-1;/b2-1-;. The van der Waals surface area contributed by atoms with E-state index < -0.39 is 5.97 Å². The molecule has 0 spiro atoms. The Hall–Kier alpha value is -0.0161. The van der Waals surface area contributed by atoms with Crippen molar-refractivity contribution in [2.75, 3.05) is 0 Å². The van der Waals surface area contributed by atoms with Crippen molar-refractivity contribution in [1.82, 2.24) is 0 Å². The predicted octanol–water partition coefficient (Wildman–Crippen LogP) is -0.266. The van der Waals surface area contributed by atoms with Crippen molar-refractivity contribution in [2.45, 2.75) is 0 Å². The van der Waals surface area contributed by atoms with Gasteiger partial charge in [-0.05, 0) is 6.29 Å². The average Bonchev–Trinajstić information content (AvgIpc) is 1.61. The molecular weight excluding hydrogens is 185 g/mol. The molecule has 0 aliphatic rings. The summed E-state index contributed by atoms with van der Waals surface area (Å²) in [6.45, 7) is 0. The van der Waals surface area contributed by atoms with Gasteiger partial charge in [0.2, 0.25) is 5.97 Å². The van der Waals surface area contributed by atoms with E-state index in [9.17, 15) is 9.59 Å². The number of carbonyl (C=O) groups is 1. The van der Waals surface area contributed by atoms with Crippen LogP contribution in [-0.2, 0) is 42.3 Å². The maximum Gasteiger partial charge on any atom is 0.245 e. The number of carbonyl (C=O) groups excluding carboxylic acids is 1. The van der Waals surface area contributed by atoms with Gasteiger partial charge in [0.05, 0.1) is 0 Å². The van der Waals surface area contributed by atoms with Crippen molar-refractivity contribution >= 4 is 12.3 Å². The number of hydrogen-bond acceptors (Lipinski definition) is 2. The molecule has 41 valence electrons. The molecule has 0 saturated heterocycles. The smallest absolute Gasteiger partial charge is 0.245 e. The first-order valence-corrected chi connectivity index (χ1v) is 1.54. The van der Waals surface area contributed by atoms with E-state index >= 15 is 0 Å². The molecule has 1 N–H and O–H groups in total. The minimum atomic E-state index is -1.14. The molecule has 0 amide bonds. The minimum absolute atomic E-state index is 0. The molecule has 1 radical (unpaired) electrons. The molecule has 0 fully saturated rings. The Morgan fingerprint density at radius 2 is 2.12 bits per heavy atom. The second-order valence-corrected chi connectivity index (χ2v) is 0.789. The van der Waals surface area contributed by atoms with Gasteiger partial charge in [-0.15, -0.1) is 6.08 Å². The van der Waals surface area contributed by atoms with Gasteiger partial charge in [0.1, 0.15) is 0 Å². The van der Waals surface area contributed by atoms with E-state index in [1.807, 2.05) is 0 Å². The fourth-order valence-electron chi connectivity index (χ4n) is 0.105. The van der Waals surface area contributed by atoms with Crippen LogP contribution in [-0.4, -0.2) is 17.4 Å². The Bertz CT molecular complexity index is 108. The van der Waals surface area contributed by atoms with Gasteiger partial charge in [-0.3, -0.25) is 4.79 Å². The third-order valence-electron chi connectivity index (χ3n) is 0.294. The molecule has 3 nitrogen and oxygen atoms in total. The second-order valence-electron chi connectivity index (χ2n) is 0.789. The van der Waals surface area contributed by atoms with Gasteiger partial charge in [0, 0.05) is 32.7 Å². The van der Waals surface area contributed by atoms with Crippen LogP contribution in [0.4, 0.5) is 0 Å². The van der Waals surface area contributed by atoms with Gasteiger partial charge >= 0.3 is 0 Å². The molecule has 0 heterocycles. The predicted molar refractivity (Wildman–Crippen MR) is 22.5 cm³/mol. The van der Waals surface area contributed by atoms with Crippen molar-refractivity contribution < 1.29 is 47.4 Å². The zero-order chi connectivity index (χ0) is 5.70. The summed E-state index contributed by atoms with van der Waals surface area (Å²) in [4.78, 5) is 18.7. The molecule has 8 heavy (non-hydrogen) atoms. The zero-order valence-electron chi connectivity index (χ0n) is 4.00. The number of carboxylic acid groups (broad SMARTS) is 1. The summed E-state index contributed by atoms with van der Waals surface area (Å²) in [6.07, 6.45) is 2.80. The number of hydrogen-bond donors (Lipinski definition) is 1. The van der Waals surface area contributed by atoms with Crippen LogP contribution in [0.15, 0.2) is 12.2 Å². The van der Waals surface area contributed by atoms with Crippen molar-refractivity contribution in [3.63, 3.8) is 0 Å². The first-order valence-electron chi connectivity index (χ1n) is 1.54. The molecule has 4 heteroatoms. The largest absolute Gasteiger partial charge is 0.491 e. The van der Waals surface area contributed by atoms with Gasteiger partial charge in [0.15, 0.2) is 0 Å². The quantitative estimate of drug-likeness (QED) is 0.479. The summed E-state index contributed by atoms with van der Waals surface area (Å²) in [5, 5.41) is 7.78. The first-order chi connectivity index (χ1) is 3.27. The minimum Gasteiger partial charge on any atom is -0.491 e. The fourth-order valence-corrected chi connectivity index (χ4v) is 0.105. The SMILES string of the molecule is O=[C-]/C=C\C(=O)O.[Y]. The van der Waals surface area contributed by atoms with Gasteiger partial charge < -0.3 is 9.90 Å². The van der Waals surface area contributed by atoms with Crippen LogP contribution < -0.4 is 0 Å². The van der Waals surface area contributed by atoms with Crippen LogP contribution in [0.3, 0.4) is 0 Å². The van der Waals surface area contributed by atoms with Gasteiger partial charge in [-0.25, -0.2) is 0 Å². The van der Waals surface area contributed by atoms with Crippen molar-refractivity contribution in [2.24, 2.45) is 0 Å². The molecule has 0 aliphatic heterocycles. The third kappa shape index (κ3) is 9.36. The zero-order valence-corrected chi connectivity index (χ0v) is 6.83. The van der Waals surface area contributed by atoms with Gasteiger partial charge in [0.25, 0.3) is 0 Å². The Balaban J connectivity index is 0. The van der Waals surface area contributed by atoms with Crippen LogP contribution in [0.5, 0.6) is 0 Å². The maximum atomic E-state index is 9.49. The van der Waals surface area contributed by atoms with E-state index in [0.717, 1.165) is 6.08 Å². The molecule has 0 atom stereocenters. The normalized spacial score (nSPS) is 8.00. The Labute approximate surface area is 71.6 Å². The molecule has 0 aromatic rings. The third-order valence-corrected chi connectivity index (χ3v) is 0.294. The van der Waals surface area contributed by atoms with Crippen molar-refractivity contribution in [3.8, 4) is 0 Å². The summed E-state index contributed by atoms with van der Waals surface area (Å²) in [5.41, 5.74) is 0. The van der Waals surface area contributed by atoms with Crippen LogP contribution >= 0.6 is 0 Å². The van der Waals surface area contributed by atoms with E-state index in [0.29, 0.717) is 6.08 Å². The number of aliphatic carboxylic acids is 1.